The lowest BCUT2D eigenvalue weighted by molar-refractivity contribution is -0.132. The van der Waals surface area contributed by atoms with Gasteiger partial charge in [-0.3, -0.25) is 4.79 Å². The highest BCUT2D eigenvalue weighted by Crippen LogP contribution is 2.31. The molecule has 0 aliphatic heterocycles. The Labute approximate surface area is 165 Å². The standard InChI is InChI=1S/C19H21N5O3S/c1-5-22(9-14-7-6-8-27-14)15(25)10-23-19(26)24-13(4)20-18-16(17(24)21-23)11(2)12(3)28-18/h6-8H,5,9-10H2,1-4H3. The molecule has 146 valence electrons. The van der Waals surface area contributed by atoms with Crippen LogP contribution in [0.2, 0.25) is 0 Å². The molecule has 9 heteroatoms. The normalized spacial score (nSPS) is 11.6. The summed E-state index contributed by atoms with van der Waals surface area (Å²) in [4.78, 5) is 33.9. The average Bonchev–Trinajstić information content (AvgIpc) is 3.34. The van der Waals surface area contributed by atoms with E-state index in [2.05, 4.69) is 10.1 Å². The van der Waals surface area contributed by atoms with Gasteiger partial charge in [0.25, 0.3) is 0 Å². The van der Waals surface area contributed by atoms with E-state index < -0.39 is 0 Å². The number of furan rings is 1. The van der Waals surface area contributed by atoms with Crippen molar-refractivity contribution in [1.29, 1.82) is 0 Å². The molecule has 4 rings (SSSR count). The molecule has 0 spiro atoms. The maximum atomic E-state index is 12.9. The van der Waals surface area contributed by atoms with Crippen molar-refractivity contribution >= 4 is 33.1 Å². The molecule has 4 aromatic rings. The fourth-order valence-corrected chi connectivity index (χ4v) is 4.38. The Hall–Kier alpha value is -2.94. The second kappa shape index (κ2) is 6.90. The van der Waals surface area contributed by atoms with Gasteiger partial charge >= 0.3 is 5.69 Å². The van der Waals surface area contributed by atoms with Gasteiger partial charge in [0.1, 0.15) is 23.0 Å². The smallest absolute Gasteiger partial charge is 0.352 e. The van der Waals surface area contributed by atoms with Gasteiger partial charge in [0, 0.05) is 11.4 Å². The van der Waals surface area contributed by atoms with Crippen LogP contribution in [0.15, 0.2) is 27.6 Å². The van der Waals surface area contributed by atoms with E-state index in [4.69, 9.17) is 4.42 Å². The summed E-state index contributed by atoms with van der Waals surface area (Å²) >= 11 is 1.59. The van der Waals surface area contributed by atoms with Gasteiger partial charge in [-0.15, -0.1) is 16.4 Å². The first-order chi connectivity index (χ1) is 13.4. The van der Waals surface area contributed by atoms with Crippen LogP contribution >= 0.6 is 11.3 Å². The number of aromatic nitrogens is 4. The van der Waals surface area contributed by atoms with Crippen LogP contribution in [0.4, 0.5) is 0 Å². The minimum atomic E-state index is -0.354. The molecule has 4 aromatic heterocycles. The SMILES string of the molecule is CCN(Cc1ccco1)C(=O)Cn1nc2c3c(C)c(C)sc3nc(C)n2c1=O. The zero-order valence-electron chi connectivity index (χ0n) is 16.2. The van der Waals surface area contributed by atoms with Crippen LogP contribution < -0.4 is 5.69 Å². The number of carbonyl (C=O) groups is 1. The maximum absolute atomic E-state index is 12.9. The molecule has 0 fully saturated rings. The lowest BCUT2D eigenvalue weighted by Crippen LogP contribution is -2.36. The number of carbonyl (C=O) groups excluding carboxylic acids is 1. The molecule has 0 atom stereocenters. The Bertz CT molecular complexity index is 1230. The molecule has 1 amide bonds. The molecule has 0 radical (unpaired) electrons. The number of fused-ring (bicyclic) bond motifs is 3. The van der Waals surface area contributed by atoms with Crippen LogP contribution in [0.5, 0.6) is 0 Å². The average molecular weight is 399 g/mol. The van der Waals surface area contributed by atoms with Crippen molar-refractivity contribution in [2.24, 2.45) is 0 Å². The van der Waals surface area contributed by atoms with E-state index >= 15 is 0 Å². The minimum Gasteiger partial charge on any atom is -0.467 e. The largest absolute Gasteiger partial charge is 0.467 e. The van der Waals surface area contributed by atoms with Crippen molar-refractivity contribution in [1.82, 2.24) is 24.1 Å². The zero-order valence-corrected chi connectivity index (χ0v) is 17.0. The van der Waals surface area contributed by atoms with E-state index in [0.29, 0.717) is 30.3 Å². The zero-order chi connectivity index (χ0) is 20.0. The molecule has 0 bridgehead atoms. The molecule has 0 unspecified atom stereocenters. The van der Waals surface area contributed by atoms with E-state index in [0.717, 1.165) is 20.7 Å². The van der Waals surface area contributed by atoms with Gasteiger partial charge < -0.3 is 9.32 Å². The van der Waals surface area contributed by atoms with E-state index in [1.54, 1.807) is 35.5 Å². The first-order valence-corrected chi connectivity index (χ1v) is 9.88. The molecule has 4 heterocycles. The van der Waals surface area contributed by atoms with Gasteiger partial charge in [-0.1, -0.05) is 0 Å². The summed E-state index contributed by atoms with van der Waals surface area (Å²) in [5, 5.41) is 5.37. The van der Waals surface area contributed by atoms with Crippen molar-refractivity contribution in [2.75, 3.05) is 6.54 Å². The number of thiophene rings is 1. The minimum absolute atomic E-state index is 0.127. The monoisotopic (exact) mass is 399 g/mol. The number of rotatable bonds is 5. The van der Waals surface area contributed by atoms with Crippen molar-refractivity contribution in [2.45, 2.75) is 40.8 Å². The van der Waals surface area contributed by atoms with Gasteiger partial charge in [-0.25, -0.2) is 18.9 Å². The van der Waals surface area contributed by atoms with Gasteiger partial charge in [0.05, 0.1) is 18.2 Å². The predicted octanol–water partition coefficient (Wildman–Crippen LogP) is 2.67. The van der Waals surface area contributed by atoms with Crippen molar-refractivity contribution in [3.05, 3.63) is 50.9 Å². The van der Waals surface area contributed by atoms with Crippen LogP contribution in [0.25, 0.3) is 15.9 Å². The number of nitrogens with zero attached hydrogens (tertiary/aromatic N) is 5. The van der Waals surface area contributed by atoms with Crippen LogP contribution in [-0.4, -0.2) is 36.5 Å². The molecular formula is C19H21N5O3S. The number of aryl methyl sites for hydroxylation is 3. The molecule has 0 saturated heterocycles. The third-order valence-electron chi connectivity index (χ3n) is 4.96. The number of amides is 1. The van der Waals surface area contributed by atoms with Gasteiger partial charge in [0.2, 0.25) is 5.91 Å². The summed E-state index contributed by atoms with van der Waals surface area (Å²) in [5.41, 5.74) is 1.26. The summed E-state index contributed by atoms with van der Waals surface area (Å²) in [6.07, 6.45) is 1.58. The van der Waals surface area contributed by atoms with Crippen molar-refractivity contribution in [3.8, 4) is 0 Å². The number of hydrogen-bond donors (Lipinski definition) is 0. The molecule has 0 N–H and O–H groups in total. The van der Waals surface area contributed by atoms with Gasteiger partial charge in [-0.2, -0.15) is 0 Å². The second-order valence-electron chi connectivity index (χ2n) is 6.71. The first kappa shape index (κ1) is 18.4. The lowest BCUT2D eigenvalue weighted by Gasteiger charge is -2.19. The first-order valence-electron chi connectivity index (χ1n) is 9.06. The quantitative estimate of drug-likeness (QED) is 0.515. The third-order valence-corrected chi connectivity index (χ3v) is 6.06. The maximum Gasteiger partial charge on any atom is 0.352 e. The summed E-state index contributed by atoms with van der Waals surface area (Å²) in [5.74, 6) is 1.07. The Balaban J connectivity index is 1.74. The lowest BCUT2D eigenvalue weighted by atomic mass is 10.2. The van der Waals surface area contributed by atoms with Crippen LogP contribution in [-0.2, 0) is 17.9 Å². The van der Waals surface area contributed by atoms with E-state index in [1.165, 1.54) is 9.08 Å². The third kappa shape index (κ3) is 2.91. The van der Waals surface area contributed by atoms with Crippen molar-refractivity contribution in [3.63, 3.8) is 0 Å². The van der Waals surface area contributed by atoms with E-state index in [9.17, 15) is 9.59 Å². The molecule has 0 aromatic carbocycles. The fourth-order valence-electron chi connectivity index (χ4n) is 3.31. The second-order valence-corrected chi connectivity index (χ2v) is 7.91. The van der Waals surface area contributed by atoms with Crippen LogP contribution in [0.1, 0.15) is 28.9 Å². The Kier molecular flexibility index (Phi) is 4.54. The molecule has 0 saturated carbocycles. The molecule has 0 aliphatic rings. The fraction of sp³-hybridized carbons (Fsp3) is 0.368. The molecule has 28 heavy (non-hydrogen) atoms. The van der Waals surface area contributed by atoms with Crippen LogP contribution in [0, 0.1) is 20.8 Å². The summed E-state index contributed by atoms with van der Waals surface area (Å²) in [6.45, 7) is 8.44. The highest BCUT2D eigenvalue weighted by Gasteiger charge is 2.21. The Morgan fingerprint density at radius 2 is 2.11 bits per heavy atom. The number of likely N-dealkylation sites (N-methyl/N-ethyl adjacent to an activating group) is 1. The highest BCUT2D eigenvalue weighted by molar-refractivity contribution is 7.18. The van der Waals surface area contributed by atoms with Gasteiger partial charge in [-0.05, 0) is 45.4 Å². The molecule has 0 aliphatic carbocycles. The highest BCUT2D eigenvalue weighted by atomic mass is 32.1. The van der Waals surface area contributed by atoms with Gasteiger partial charge in [0.15, 0.2) is 5.65 Å². The summed E-state index contributed by atoms with van der Waals surface area (Å²) in [6, 6.07) is 3.60. The van der Waals surface area contributed by atoms with Crippen molar-refractivity contribution < 1.29 is 9.21 Å². The summed E-state index contributed by atoms with van der Waals surface area (Å²) < 4.78 is 8.04. The van der Waals surface area contributed by atoms with E-state index in [1.807, 2.05) is 26.8 Å². The number of hydrogen-bond acceptors (Lipinski definition) is 6. The molecule has 8 nitrogen and oxygen atoms in total. The molecular weight excluding hydrogens is 378 g/mol. The summed E-state index contributed by atoms with van der Waals surface area (Å²) in [7, 11) is 0. The Morgan fingerprint density at radius 1 is 1.32 bits per heavy atom. The predicted molar refractivity (Wildman–Crippen MR) is 107 cm³/mol. The topological polar surface area (TPSA) is 85.6 Å². The van der Waals surface area contributed by atoms with Crippen LogP contribution in [0.3, 0.4) is 0 Å². The Morgan fingerprint density at radius 3 is 2.79 bits per heavy atom. The van der Waals surface area contributed by atoms with E-state index in [-0.39, 0.29) is 18.1 Å².